The average Bonchev–Trinajstić information content (AvgIpc) is 2.49. The van der Waals surface area contributed by atoms with Crippen LogP contribution in [0.5, 0.6) is 0 Å². The third kappa shape index (κ3) is 1.09. The summed E-state index contributed by atoms with van der Waals surface area (Å²) >= 11 is 3.47. The summed E-state index contributed by atoms with van der Waals surface area (Å²) in [5.74, 6) is 0. The van der Waals surface area contributed by atoms with E-state index in [2.05, 4.69) is 28.2 Å². The summed E-state index contributed by atoms with van der Waals surface area (Å²) in [4.78, 5) is 1.75. The number of hydrogen-bond donors (Lipinski definition) is 0. The van der Waals surface area contributed by atoms with Gasteiger partial charge in [0, 0.05) is 4.47 Å². The second kappa shape index (κ2) is 2.80. The molecule has 0 unspecified atom stereocenters. The van der Waals surface area contributed by atoms with Crippen LogP contribution in [0.2, 0.25) is 0 Å². The van der Waals surface area contributed by atoms with Crippen molar-refractivity contribution in [1.82, 2.24) is 4.90 Å². The second-order valence-corrected chi connectivity index (χ2v) is 3.69. The van der Waals surface area contributed by atoms with Crippen LogP contribution >= 0.6 is 15.9 Å². The molecule has 12 heavy (non-hydrogen) atoms. The molecule has 0 bridgehead atoms. The normalized spacial score (nSPS) is 14.2. The zero-order valence-corrected chi connectivity index (χ0v) is 8.00. The van der Waals surface area contributed by atoms with Gasteiger partial charge in [0.05, 0.1) is 13.1 Å². The lowest BCUT2D eigenvalue weighted by atomic mass is 10.1. The van der Waals surface area contributed by atoms with E-state index in [-0.39, 0.29) is 0 Å². The molecule has 3 heteroatoms. The average molecular weight is 223 g/mol. The Kier molecular flexibility index (Phi) is 1.78. The Bertz CT molecular complexity index is 354. The highest BCUT2D eigenvalue weighted by Crippen LogP contribution is 2.28. The first kappa shape index (κ1) is 7.63. The van der Waals surface area contributed by atoms with E-state index in [1.54, 1.807) is 4.90 Å². The van der Waals surface area contributed by atoms with Gasteiger partial charge in [-0.2, -0.15) is 5.26 Å². The molecule has 0 radical (unpaired) electrons. The van der Waals surface area contributed by atoms with E-state index in [0.29, 0.717) is 0 Å². The maximum absolute atomic E-state index is 8.69. The van der Waals surface area contributed by atoms with E-state index in [0.717, 1.165) is 17.6 Å². The first-order valence-electron chi connectivity index (χ1n) is 3.72. The highest BCUT2D eigenvalue weighted by molar-refractivity contribution is 9.10. The molecule has 2 nitrogen and oxygen atoms in total. The summed E-state index contributed by atoms with van der Waals surface area (Å²) < 4.78 is 1.11. The van der Waals surface area contributed by atoms with Crippen LogP contribution in [0.3, 0.4) is 0 Å². The number of fused-ring (bicyclic) bond motifs is 1. The molecule has 0 aliphatic carbocycles. The second-order valence-electron chi connectivity index (χ2n) is 2.83. The molecule has 0 saturated heterocycles. The van der Waals surface area contributed by atoms with Gasteiger partial charge in [0.15, 0.2) is 6.19 Å². The van der Waals surface area contributed by atoms with Crippen LogP contribution in [0, 0.1) is 11.5 Å². The van der Waals surface area contributed by atoms with Gasteiger partial charge in [0.1, 0.15) is 0 Å². The van der Waals surface area contributed by atoms with Crippen molar-refractivity contribution in [3.63, 3.8) is 0 Å². The van der Waals surface area contributed by atoms with Crippen LogP contribution in [0.1, 0.15) is 11.1 Å². The largest absolute Gasteiger partial charge is 0.302 e. The van der Waals surface area contributed by atoms with Crippen LogP contribution in [-0.2, 0) is 13.1 Å². The Hall–Kier alpha value is -1.01. The summed E-state index contributed by atoms with van der Waals surface area (Å²) in [6.07, 6.45) is 2.15. The molecule has 2 rings (SSSR count). The standard InChI is InChI=1S/C9H7BrN2/c10-9-3-1-2-7-4-12(6-11)5-8(7)9/h1-3H,4-5H2. The predicted octanol–water partition coefficient (Wildman–Crippen LogP) is 2.25. The van der Waals surface area contributed by atoms with E-state index < -0.39 is 0 Å². The molecule has 1 aromatic rings. The van der Waals surface area contributed by atoms with Crippen molar-refractivity contribution in [2.45, 2.75) is 13.1 Å². The lowest BCUT2D eigenvalue weighted by molar-refractivity contribution is 0.417. The Balaban J connectivity index is 2.43. The van der Waals surface area contributed by atoms with Crippen LogP contribution < -0.4 is 0 Å². The lowest BCUT2D eigenvalue weighted by Crippen LogP contribution is -2.06. The third-order valence-electron chi connectivity index (χ3n) is 2.07. The molecule has 1 aromatic carbocycles. The predicted molar refractivity (Wildman–Crippen MR) is 49.0 cm³/mol. The SMILES string of the molecule is N#CN1Cc2cccc(Br)c2C1. The number of nitriles is 1. The van der Waals surface area contributed by atoms with Gasteiger partial charge < -0.3 is 4.90 Å². The summed E-state index contributed by atoms with van der Waals surface area (Å²) in [7, 11) is 0. The van der Waals surface area contributed by atoms with Gasteiger partial charge in [-0.05, 0) is 17.2 Å². The topological polar surface area (TPSA) is 27.0 Å². The van der Waals surface area contributed by atoms with Crippen LogP contribution in [0.4, 0.5) is 0 Å². The van der Waals surface area contributed by atoms with E-state index in [1.807, 2.05) is 12.1 Å². The van der Waals surface area contributed by atoms with E-state index in [9.17, 15) is 0 Å². The minimum atomic E-state index is 0.743. The van der Waals surface area contributed by atoms with Crippen LogP contribution in [0.15, 0.2) is 22.7 Å². The fourth-order valence-electron chi connectivity index (χ4n) is 1.45. The monoisotopic (exact) mass is 222 g/mol. The first-order valence-corrected chi connectivity index (χ1v) is 4.51. The summed E-state index contributed by atoms with van der Waals surface area (Å²) in [6.45, 7) is 1.50. The maximum atomic E-state index is 8.69. The Morgan fingerprint density at radius 1 is 1.42 bits per heavy atom. The van der Waals surface area contributed by atoms with Crippen molar-refractivity contribution in [3.05, 3.63) is 33.8 Å². The molecule has 0 saturated carbocycles. The van der Waals surface area contributed by atoms with Crippen molar-refractivity contribution in [2.75, 3.05) is 0 Å². The van der Waals surface area contributed by atoms with Crippen molar-refractivity contribution < 1.29 is 0 Å². The fraction of sp³-hybridized carbons (Fsp3) is 0.222. The molecule has 1 aliphatic heterocycles. The van der Waals surface area contributed by atoms with Crippen molar-refractivity contribution in [2.24, 2.45) is 0 Å². The van der Waals surface area contributed by atoms with Gasteiger partial charge in [-0.3, -0.25) is 0 Å². The van der Waals surface area contributed by atoms with Gasteiger partial charge in [-0.15, -0.1) is 0 Å². The van der Waals surface area contributed by atoms with Crippen molar-refractivity contribution in [3.8, 4) is 6.19 Å². The Morgan fingerprint density at radius 3 is 2.92 bits per heavy atom. The number of benzene rings is 1. The molecule has 1 heterocycles. The lowest BCUT2D eigenvalue weighted by Gasteiger charge is -2.02. The van der Waals surface area contributed by atoms with Gasteiger partial charge in [-0.1, -0.05) is 28.1 Å². The molecule has 0 aromatic heterocycles. The van der Waals surface area contributed by atoms with Gasteiger partial charge in [0.2, 0.25) is 0 Å². The van der Waals surface area contributed by atoms with E-state index in [4.69, 9.17) is 5.26 Å². The minimum absolute atomic E-state index is 0.743. The molecule has 0 N–H and O–H groups in total. The van der Waals surface area contributed by atoms with Crippen molar-refractivity contribution in [1.29, 1.82) is 5.26 Å². The zero-order valence-electron chi connectivity index (χ0n) is 6.42. The molecule has 0 atom stereocenters. The molecule has 60 valence electrons. The molecule has 0 spiro atoms. The minimum Gasteiger partial charge on any atom is -0.302 e. The van der Waals surface area contributed by atoms with Crippen molar-refractivity contribution >= 4 is 15.9 Å². The number of hydrogen-bond acceptors (Lipinski definition) is 2. The van der Waals surface area contributed by atoms with Crippen LogP contribution in [-0.4, -0.2) is 4.90 Å². The molecule has 1 aliphatic rings. The van der Waals surface area contributed by atoms with Gasteiger partial charge in [0.25, 0.3) is 0 Å². The molecular formula is C9H7BrN2. The quantitative estimate of drug-likeness (QED) is 0.630. The maximum Gasteiger partial charge on any atom is 0.179 e. The molecule has 0 fully saturated rings. The summed E-state index contributed by atoms with van der Waals surface area (Å²) in [5, 5.41) is 8.69. The Morgan fingerprint density at radius 2 is 2.25 bits per heavy atom. The first-order chi connectivity index (χ1) is 5.81. The molecular weight excluding hydrogens is 216 g/mol. The zero-order chi connectivity index (χ0) is 8.55. The van der Waals surface area contributed by atoms with Gasteiger partial charge in [-0.25, -0.2) is 0 Å². The number of halogens is 1. The number of rotatable bonds is 0. The third-order valence-corrected chi connectivity index (χ3v) is 2.81. The highest BCUT2D eigenvalue weighted by atomic mass is 79.9. The molecule has 0 amide bonds. The van der Waals surface area contributed by atoms with E-state index in [1.165, 1.54) is 11.1 Å². The Labute approximate surface area is 79.5 Å². The summed E-state index contributed by atoms with van der Waals surface area (Å²) in [5.41, 5.74) is 2.50. The van der Waals surface area contributed by atoms with Gasteiger partial charge >= 0.3 is 0 Å². The van der Waals surface area contributed by atoms with Crippen LogP contribution in [0.25, 0.3) is 0 Å². The number of nitrogens with zero attached hydrogens (tertiary/aromatic N) is 2. The summed E-state index contributed by atoms with van der Waals surface area (Å²) in [6, 6.07) is 6.08. The smallest absolute Gasteiger partial charge is 0.179 e. The highest BCUT2D eigenvalue weighted by Gasteiger charge is 2.18. The van der Waals surface area contributed by atoms with E-state index >= 15 is 0 Å². The fourth-order valence-corrected chi connectivity index (χ4v) is 1.98.